The fourth-order valence-corrected chi connectivity index (χ4v) is 2.42. The number of carbonyl (C=O) groups excluding carboxylic acids is 1. The van der Waals surface area contributed by atoms with Crippen LogP contribution in [0.5, 0.6) is 0 Å². The van der Waals surface area contributed by atoms with Gasteiger partial charge in [0.25, 0.3) is 5.91 Å². The molecular formula is C20H27N3O. The maximum Gasteiger partial charge on any atom is 0.251 e. The molecule has 2 N–H and O–H groups in total. The van der Waals surface area contributed by atoms with E-state index in [9.17, 15) is 4.79 Å². The van der Waals surface area contributed by atoms with Crippen LogP contribution in [0, 0.1) is 0 Å². The molecule has 0 radical (unpaired) electrons. The van der Waals surface area contributed by atoms with Gasteiger partial charge in [-0.3, -0.25) is 4.79 Å². The minimum Gasteiger partial charge on any atom is -0.352 e. The molecule has 0 aliphatic carbocycles. The van der Waals surface area contributed by atoms with Gasteiger partial charge in [-0.2, -0.15) is 0 Å². The summed E-state index contributed by atoms with van der Waals surface area (Å²) < 4.78 is 0. The molecule has 1 amide bonds. The summed E-state index contributed by atoms with van der Waals surface area (Å²) in [6, 6.07) is 11.8. The van der Waals surface area contributed by atoms with Gasteiger partial charge >= 0.3 is 0 Å². The zero-order valence-electron chi connectivity index (χ0n) is 14.8. The third kappa shape index (κ3) is 5.37. The van der Waals surface area contributed by atoms with Gasteiger partial charge in [-0.05, 0) is 42.2 Å². The molecule has 0 saturated carbocycles. The molecule has 1 heterocycles. The molecule has 4 heteroatoms. The molecule has 24 heavy (non-hydrogen) atoms. The molecule has 0 atom stereocenters. The van der Waals surface area contributed by atoms with E-state index < -0.39 is 0 Å². The molecule has 1 aromatic carbocycles. The second-order valence-electron chi connectivity index (χ2n) is 6.29. The lowest BCUT2D eigenvalue weighted by atomic mass is 10.0. The molecule has 0 saturated heterocycles. The monoisotopic (exact) mass is 325 g/mol. The van der Waals surface area contributed by atoms with Crippen LogP contribution in [0.1, 0.15) is 61.9 Å². The van der Waals surface area contributed by atoms with E-state index in [1.165, 1.54) is 5.56 Å². The summed E-state index contributed by atoms with van der Waals surface area (Å²) in [5, 5.41) is 6.20. The van der Waals surface area contributed by atoms with Crippen molar-refractivity contribution in [1.82, 2.24) is 10.3 Å². The fourth-order valence-electron chi connectivity index (χ4n) is 2.42. The SMILES string of the molecule is CCCCCNC(=O)c1ccnc(Nc2ccc(C(C)C)cc2)c1. The summed E-state index contributed by atoms with van der Waals surface area (Å²) >= 11 is 0. The van der Waals surface area contributed by atoms with Crippen molar-refractivity contribution in [3.8, 4) is 0 Å². The average molecular weight is 325 g/mol. The quantitative estimate of drug-likeness (QED) is 0.681. The third-order valence-corrected chi connectivity index (χ3v) is 3.94. The molecule has 0 spiro atoms. The van der Waals surface area contributed by atoms with E-state index in [4.69, 9.17) is 0 Å². The van der Waals surface area contributed by atoms with Crippen LogP contribution in [-0.2, 0) is 0 Å². The van der Waals surface area contributed by atoms with Gasteiger partial charge < -0.3 is 10.6 Å². The molecule has 1 aromatic heterocycles. The van der Waals surface area contributed by atoms with Crippen LogP contribution in [-0.4, -0.2) is 17.4 Å². The second-order valence-corrected chi connectivity index (χ2v) is 6.29. The summed E-state index contributed by atoms with van der Waals surface area (Å²) in [6.45, 7) is 7.21. The largest absolute Gasteiger partial charge is 0.352 e. The second kappa shape index (κ2) is 9.06. The highest BCUT2D eigenvalue weighted by molar-refractivity contribution is 5.94. The fraction of sp³-hybridized carbons (Fsp3) is 0.400. The Labute approximate surface area is 144 Å². The van der Waals surface area contributed by atoms with E-state index in [0.29, 0.717) is 23.8 Å². The molecule has 0 fully saturated rings. The number of amides is 1. The van der Waals surface area contributed by atoms with Crippen molar-refractivity contribution in [2.45, 2.75) is 46.0 Å². The van der Waals surface area contributed by atoms with Gasteiger partial charge in [0.2, 0.25) is 0 Å². The van der Waals surface area contributed by atoms with Crippen molar-refractivity contribution in [2.24, 2.45) is 0 Å². The van der Waals surface area contributed by atoms with Gasteiger partial charge in [-0.15, -0.1) is 0 Å². The van der Waals surface area contributed by atoms with Crippen LogP contribution in [0.15, 0.2) is 42.6 Å². The van der Waals surface area contributed by atoms with Crippen LogP contribution in [0.4, 0.5) is 11.5 Å². The number of pyridine rings is 1. The molecule has 0 aliphatic rings. The van der Waals surface area contributed by atoms with Crippen molar-refractivity contribution in [3.05, 3.63) is 53.7 Å². The Morgan fingerprint density at radius 2 is 1.88 bits per heavy atom. The molecule has 0 unspecified atom stereocenters. The van der Waals surface area contributed by atoms with Crippen LogP contribution >= 0.6 is 0 Å². The molecule has 0 bridgehead atoms. The number of rotatable bonds is 8. The summed E-state index contributed by atoms with van der Waals surface area (Å²) in [5.41, 5.74) is 2.89. The first-order valence-electron chi connectivity index (χ1n) is 8.71. The molecule has 0 aliphatic heterocycles. The number of unbranched alkanes of at least 4 members (excludes halogenated alkanes) is 2. The Morgan fingerprint density at radius 1 is 1.12 bits per heavy atom. The van der Waals surface area contributed by atoms with Gasteiger partial charge in [0.1, 0.15) is 5.82 Å². The zero-order valence-corrected chi connectivity index (χ0v) is 14.8. The lowest BCUT2D eigenvalue weighted by molar-refractivity contribution is 0.0953. The van der Waals surface area contributed by atoms with Crippen LogP contribution in [0.3, 0.4) is 0 Å². The Balaban J connectivity index is 1.98. The van der Waals surface area contributed by atoms with Crippen molar-refractivity contribution < 1.29 is 4.79 Å². The van der Waals surface area contributed by atoms with Crippen LogP contribution < -0.4 is 10.6 Å². The molecule has 2 aromatic rings. The number of anilines is 2. The van der Waals surface area contributed by atoms with Crippen molar-refractivity contribution in [1.29, 1.82) is 0 Å². The maximum atomic E-state index is 12.2. The summed E-state index contributed by atoms with van der Waals surface area (Å²) in [4.78, 5) is 16.5. The Kier molecular flexibility index (Phi) is 6.79. The molecule has 128 valence electrons. The lowest BCUT2D eigenvalue weighted by Crippen LogP contribution is -2.24. The maximum absolute atomic E-state index is 12.2. The third-order valence-electron chi connectivity index (χ3n) is 3.94. The standard InChI is InChI=1S/C20H27N3O/c1-4-5-6-12-22-20(24)17-11-13-21-19(14-17)23-18-9-7-16(8-10-18)15(2)3/h7-11,13-15H,4-6,12H2,1-3H3,(H,21,23)(H,22,24). The van der Waals surface area contributed by atoms with E-state index in [2.05, 4.69) is 48.5 Å². The minimum atomic E-state index is -0.0493. The highest BCUT2D eigenvalue weighted by Crippen LogP contribution is 2.20. The van der Waals surface area contributed by atoms with Gasteiger partial charge in [0.15, 0.2) is 0 Å². The topological polar surface area (TPSA) is 54.0 Å². The molecular weight excluding hydrogens is 298 g/mol. The van der Waals surface area contributed by atoms with E-state index in [1.54, 1.807) is 18.3 Å². The van der Waals surface area contributed by atoms with Gasteiger partial charge in [-0.25, -0.2) is 4.98 Å². The van der Waals surface area contributed by atoms with Crippen molar-refractivity contribution in [3.63, 3.8) is 0 Å². The zero-order chi connectivity index (χ0) is 17.4. The predicted octanol–water partition coefficient (Wildman–Crippen LogP) is 4.87. The van der Waals surface area contributed by atoms with Gasteiger partial charge in [-0.1, -0.05) is 45.7 Å². The smallest absolute Gasteiger partial charge is 0.251 e. The van der Waals surface area contributed by atoms with E-state index >= 15 is 0 Å². The number of carbonyl (C=O) groups is 1. The average Bonchev–Trinajstić information content (AvgIpc) is 2.59. The number of nitrogens with zero attached hydrogens (tertiary/aromatic N) is 1. The van der Waals surface area contributed by atoms with Crippen LogP contribution in [0.2, 0.25) is 0 Å². The number of benzene rings is 1. The van der Waals surface area contributed by atoms with Crippen molar-refractivity contribution >= 4 is 17.4 Å². The summed E-state index contributed by atoms with van der Waals surface area (Å²) in [5.74, 6) is 1.14. The van der Waals surface area contributed by atoms with E-state index in [0.717, 1.165) is 24.9 Å². The Morgan fingerprint density at radius 3 is 2.54 bits per heavy atom. The minimum absolute atomic E-state index is 0.0493. The highest BCUT2D eigenvalue weighted by atomic mass is 16.1. The normalized spacial score (nSPS) is 10.7. The van der Waals surface area contributed by atoms with Crippen molar-refractivity contribution in [2.75, 3.05) is 11.9 Å². The van der Waals surface area contributed by atoms with E-state index in [-0.39, 0.29) is 5.91 Å². The number of hydrogen-bond donors (Lipinski definition) is 2. The first-order valence-corrected chi connectivity index (χ1v) is 8.71. The Bertz CT molecular complexity index is 650. The molecule has 2 rings (SSSR count). The highest BCUT2D eigenvalue weighted by Gasteiger charge is 2.07. The summed E-state index contributed by atoms with van der Waals surface area (Å²) in [6.07, 6.45) is 4.96. The van der Waals surface area contributed by atoms with Gasteiger partial charge in [0.05, 0.1) is 0 Å². The lowest BCUT2D eigenvalue weighted by Gasteiger charge is -2.10. The Hall–Kier alpha value is -2.36. The predicted molar refractivity (Wildman–Crippen MR) is 99.9 cm³/mol. The van der Waals surface area contributed by atoms with E-state index in [1.807, 2.05) is 12.1 Å². The number of nitrogens with one attached hydrogen (secondary N) is 2. The number of aromatic nitrogens is 1. The first kappa shape index (κ1) is 18.0. The van der Waals surface area contributed by atoms with Crippen LogP contribution in [0.25, 0.3) is 0 Å². The molecule has 4 nitrogen and oxygen atoms in total. The number of hydrogen-bond acceptors (Lipinski definition) is 3. The van der Waals surface area contributed by atoms with Gasteiger partial charge in [0, 0.05) is 24.0 Å². The summed E-state index contributed by atoms with van der Waals surface area (Å²) in [7, 11) is 0. The first-order chi connectivity index (χ1) is 11.6.